The van der Waals surface area contributed by atoms with Gasteiger partial charge in [0.25, 0.3) is 0 Å². The molecule has 1 amide bonds. The van der Waals surface area contributed by atoms with Gasteiger partial charge in [0.1, 0.15) is 0 Å². The molecule has 1 aliphatic rings. The number of amides is 1. The van der Waals surface area contributed by atoms with Crippen LogP contribution in [0.4, 0.5) is 11.4 Å². The Morgan fingerprint density at radius 3 is 2.32 bits per heavy atom. The second kappa shape index (κ2) is 6.31. The summed E-state index contributed by atoms with van der Waals surface area (Å²) in [6.45, 7) is 9.53. The van der Waals surface area contributed by atoms with E-state index in [0.717, 1.165) is 31.5 Å². The molecule has 1 aromatic rings. The highest BCUT2D eigenvalue weighted by Crippen LogP contribution is 2.47. The van der Waals surface area contributed by atoms with E-state index >= 15 is 0 Å². The predicted octanol–water partition coefficient (Wildman–Crippen LogP) is 4.20. The van der Waals surface area contributed by atoms with Crippen molar-refractivity contribution < 1.29 is 4.79 Å². The molecule has 0 fully saturated rings. The Hall–Kier alpha value is -1.51. The number of hydrogen-bond donors (Lipinski definition) is 0. The van der Waals surface area contributed by atoms with Crippen LogP contribution >= 0.6 is 0 Å². The Bertz CT molecular complexity index is 544. The fourth-order valence-corrected chi connectivity index (χ4v) is 3.45. The number of fused-ring (bicyclic) bond motifs is 1. The molecule has 0 unspecified atom stereocenters. The van der Waals surface area contributed by atoms with Crippen LogP contribution in [-0.2, 0) is 10.2 Å². The van der Waals surface area contributed by atoms with Crippen molar-refractivity contribution >= 4 is 17.3 Å². The largest absolute Gasteiger partial charge is 0.378 e. The summed E-state index contributed by atoms with van der Waals surface area (Å²) in [4.78, 5) is 17.3. The summed E-state index contributed by atoms with van der Waals surface area (Å²) < 4.78 is 0. The fourth-order valence-electron chi connectivity index (χ4n) is 3.45. The molecule has 1 heterocycles. The second-order valence-electron chi connectivity index (χ2n) is 7.02. The number of benzene rings is 1. The maximum absolute atomic E-state index is 13.2. The quantitative estimate of drug-likeness (QED) is 0.786. The molecule has 0 bridgehead atoms. The molecule has 1 aromatic carbocycles. The summed E-state index contributed by atoms with van der Waals surface area (Å²) in [5.41, 5.74) is 3.18. The van der Waals surface area contributed by atoms with Crippen molar-refractivity contribution in [3.63, 3.8) is 0 Å². The number of carbonyl (C=O) groups is 1. The average molecular weight is 302 g/mol. The van der Waals surface area contributed by atoms with E-state index in [2.05, 4.69) is 64.9 Å². The summed E-state index contributed by atoms with van der Waals surface area (Å²) >= 11 is 0. The summed E-state index contributed by atoms with van der Waals surface area (Å²) in [5, 5.41) is 0. The van der Waals surface area contributed by atoms with E-state index in [0.29, 0.717) is 11.8 Å². The molecule has 3 heteroatoms. The van der Waals surface area contributed by atoms with E-state index in [9.17, 15) is 4.79 Å². The standard InChI is InChI=1S/C19H30N2O/c1-7-19(8-2)16-13-15(20(5)6)9-10-17(16)21(18(19)22)12-11-14(3)4/h9-10,13-14H,7-8,11-12H2,1-6H3. The number of hydrogen-bond acceptors (Lipinski definition) is 2. The Balaban J connectivity index is 2.50. The summed E-state index contributed by atoms with van der Waals surface area (Å²) in [5.74, 6) is 0.902. The van der Waals surface area contributed by atoms with Gasteiger partial charge in [0.15, 0.2) is 0 Å². The van der Waals surface area contributed by atoms with Gasteiger partial charge in [-0.2, -0.15) is 0 Å². The van der Waals surface area contributed by atoms with Crippen molar-refractivity contribution in [1.29, 1.82) is 0 Å². The molecule has 3 nitrogen and oxygen atoms in total. The first-order chi connectivity index (χ1) is 10.4. The second-order valence-corrected chi connectivity index (χ2v) is 7.02. The monoisotopic (exact) mass is 302 g/mol. The first kappa shape index (κ1) is 16.9. The van der Waals surface area contributed by atoms with Gasteiger partial charge in [-0.1, -0.05) is 27.7 Å². The van der Waals surface area contributed by atoms with Crippen molar-refractivity contribution in [2.75, 3.05) is 30.4 Å². The minimum absolute atomic E-state index is 0.295. The topological polar surface area (TPSA) is 23.6 Å². The maximum Gasteiger partial charge on any atom is 0.237 e. The molecule has 0 N–H and O–H groups in total. The van der Waals surface area contributed by atoms with Gasteiger partial charge in [-0.3, -0.25) is 4.79 Å². The van der Waals surface area contributed by atoms with Crippen LogP contribution in [0.3, 0.4) is 0 Å². The Morgan fingerprint density at radius 1 is 1.18 bits per heavy atom. The van der Waals surface area contributed by atoms with Crippen LogP contribution in [0.15, 0.2) is 18.2 Å². The van der Waals surface area contributed by atoms with E-state index in [1.807, 2.05) is 4.90 Å². The normalized spacial score (nSPS) is 16.3. The lowest BCUT2D eigenvalue weighted by Gasteiger charge is -2.26. The van der Waals surface area contributed by atoms with E-state index < -0.39 is 0 Å². The smallest absolute Gasteiger partial charge is 0.237 e. The molecule has 0 aromatic heterocycles. The van der Waals surface area contributed by atoms with Crippen molar-refractivity contribution in [2.24, 2.45) is 5.92 Å². The van der Waals surface area contributed by atoms with E-state index in [1.54, 1.807) is 0 Å². The highest BCUT2D eigenvalue weighted by Gasteiger charge is 2.48. The molecule has 122 valence electrons. The van der Waals surface area contributed by atoms with Gasteiger partial charge in [-0.05, 0) is 48.9 Å². The third-order valence-electron chi connectivity index (χ3n) is 5.09. The highest BCUT2D eigenvalue weighted by atomic mass is 16.2. The fraction of sp³-hybridized carbons (Fsp3) is 0.632. The summed E-state index contributed by atoms with van der Waals surface area (Å²) in [6.07, 6.45) is 2.78. The molecular weight excluding hydrogens is 272 g/mol. The van der Waals surface area contributed by atoms with Gasteiger partial charge >= 0.3 is 0 Å². The van der Waals surface area contributed by atoms with Gasteiger partial charge in [0.05, 0.1) is 5.41 Å². The van der Waals surface area contributed by atoms with Crippen LogP contribution in [0.2, 0.25) is 0 Å². The van der Waals surface area contributed by atoms with Crippen LogP contribution < -0.4 is 9.80 Å². The average Bonchev–Trinajstić information content (AvgIpc) is 2.72. The lowest BCUT2D eigenvalue weighted by Crippen LogP contribution is -2.40. The zero-order chi connectivity index (χ0) is 16.5. The van der Waals surface area contributed by atoms with Gasteiger partial charge in [-0.15, -0.1) is 0 Å². The van der Waals surface area contributed by atoms with Crippen molar-refractivity contribution in [2.45, 2.75) is 52.4 Å². The van der Waals surface area contributed by atoms with Crippen molar-refractivity contribution in [3.05, 3.63) is 23.8 Å². The molecule has 0 spiro atoms. The van der Waals surface area contributed by atoms with Crippen molar-refractivity contribution in [3.8, 4) is 0 Å². The minimum atomic E-state index is -0.335. The Labute approximate surface area is 135 Å². The predicted molar refractivity (Wildman–Crippen MR) is 94.8 cm³/mol. The maximum atomic E-state index is 13.2. The number of rotatable bonds is 6. The minimum Gasteiger partial charge on any atom is -0.378 e. The van der Waals surface area contributed by atoms with Gasteiger partial charge in [0, 0.05) is 32.0 Å². The van der Waals surface area contributed by atoms with Crippen LogP contribution in [0.1, 0.15) is 52.5 Å². The molecule has 1 aliphatic heterocycles. The SMILES string of the molecule is CCC1(CC)C(=O)N(CCC(C)C)c2ccc(N(C)C)cc21. The molecule has 0 saturated heterocycles. The lowest BCUT2D eigenvalue weighted by molar-refractivity contribution is -0.123. The van der Waals surface area contributed by atoms with Gasteiger partial charge < -0.3 is 9.80 Å². The molecule has 0 aliphatic carbocycles. The molecule has 22 heavy (non-hydrogen) atoms. The lowest BCUT2D eigenvalue weighted by atomic mass is 9.77. The third-order valence-corrected chi connectivity index (χ3v) is 5.09. The summed E-state index contributed by atoms with van der Waals surface area (Å²) in [7, 11) is 4.10. The van der Waals surface area contributed by atoms with Crippen LogP contribution in [0.5, 0.6) is 0 Å². The van der Waals surface area contributed by atoms with E-state index in [4.69, 9.17) is 0 Å². The highest BCUT2D eigenvalue weighted by molar-refractivity contribution is 6.08. The molecule has 2 rings (SSSR count). The van der Waals surface area contributed by atoms with E-state index in [1.165, 1.54) is 11.3 Å². The Kier molecular flexibility index (Phi) is 4.84. The first-order valence-corrected chi connectivity index (χ1v) is 8.51. The van der Waals surface area contributed by atoms with Crippen LogP contribution in [-0.4, -0.2) is 26.5 Å². The molecule has 0 atom stereocenters. The number of nitrogens with zero attached hydrogens (tertiary/aromatic N) is 2. The number of carbonyl (C=O) groups excluding carboxylic acids is 1. The number of anilines is 2. The molecule has 0 radical (unpaired) electrons. The van der Waals surface area contributed by atoms with Crippen molar-refractivity contribution in [1.82, 2.24) is 0 Å². The van der Waals surface area contributed by atoms with E-state index in [-0.39, 0.29) is 5.41 Å². The van der Waals surface area contributed by atoms with Crippen LogP contribution in [0.25, 0.3) is 0 Å². The summed E-state index contributed by atoms with van der Waals surface area (Å²) in [6, 6.07) is 6.47. The zero-order valence-corrected chi connectivity index (χ0v) is 14.9. The first-order valence-electron chi connectivity index (χ1n) is 8.51. The van der Waals surface area contributed by atoms with Gasteiger partial charge in [-0.25, -0.2) is 0 Å². The third kappa shape index (κ3) is 2.62. The zero-order valence-electron chi connectivity index (χ0n) is 14.9. The van der Waals surface area contributed by atoms with Crippen LogP contribution in [0, 0.1) is 5.92 Å². The van der Waals surface area contributed by atoms with Gasteiger partial charge in [0.2, 0.25) is 5.91 Å². The molecule has 0 saturated carbocycles. The molecular formula is C19H30N2O. The Morgan fingerprint density at radius 2 is 1.82 bits per heavy atom.